The van der Waals surface area contributed by atoms with Crippen LogP contribution in [-0.4, -0.2) is 34.8 Å². The third kappa shape index (κ3) is 5.63. The van der Waals surface area contributed by atoms with E-state index in [9.17, 15) is 0 Å². The van der Waals surface area contributed by atoms with Crippen LogP contribution >= 0.6 is 23.5 Å². The Morgan fingerprint density at radius 2 is 1.63 bits per heavy atom. The van der Waals surface area contributed by atoms with Crippen LogP contribution < -0.4 is 0 Å². The third-order valence-corrected chi connectivity index (χ3v) is 4.33. The van der Waals surface area contributed by atoms with Crippen LogP contribution in [0.5, 0.6) is 5.75 Å². The number of H-pyrrole nitrogens is 1. The maximum absolute atomic E-state index is 9.17. The minimum Gasteiger partial charge on any atom is -0.508 e. The molecule has 0 atom stereocenters. The van der Waals surface area contributed by atoms with Crippen LogP contribution in [0, 0.1) is 0 Å². The Morgan fingerprint density at radius 3 is 2.26 bits per heavy atom. The number of ether oxygens (including phenoxy) is 1. The summed E-state index contributed by atoms with van der Waals surface area (Å²) in [6.45, 7) is 1.52. The van der Waals surface area contributed by atoms with Gasteiger partial charge in [-0.2, -0.15) is 0 Å². The average Bonchev–Trinajstić information content (AvgIpc) is 2.93. The molecule has 1 aromatic carbocycles. The molecule has 19 heavy (non-hydrogen) atoms. The van der Waals surface area contributed by atoms with Gasteiger partial charge in [-0.15, -0.1) is 23.5 Å². The largest absolute Gasteiger partial charge is 0.508 e. The van der Waals surface area contributed by atoms with Crippen molar-refractivity contribution in [1.82, 2.24) is 4.98 Å². The van der Waals surface area contributed by atoms with Crippen LogP contribution in [0.15, 0.2) is 52.5 Å². The molecule has 1 heterocycles. The predicted molar refractivity (Wildman–Crippen MR) is 81.2 cm³/mol. The molecule has 0 fully saturated rings. The van der Waals surface area contributed by atoms with Crippen molar-refractivity contribution in [2.24, 2.45) is 0 Å². The van der Waals surface area contributed by atoms with Crippen molar-refractivity contribution in [3.05, 3.63) is 42.7 Å². The number of nitrogens with one attached hydrogen (secondary N) is 1. The number of aromatic hydroxyl groups is 1. The highest BCUT2D eigenvalue weighted by Crippen LogP contribution is 2.20. The molecule has 0 aliphatic heterocycles. The van der Waals surface area contributed by atoms with Crippen LogP contribution in [0.2, 0.25) is 0 Å². The van der Waals surface area contributed by atoms with E-state index in [1.165, 1.54) is 4.90 Å². The van der Waals surface area contributed by atoms with Crippen molar-refractivity contribution in [2.45, 2.75) is 9.79 Å². The van der Waals surface area contributed by atoms with Crippen molar-refractivity contribution >= 4 is 23.5 Å². The third-order valence-electron chi connectivity index (χ3n) is 2.40. The van der Waals surface area contributed by atoms with Crippen molar-refractivity contribution in [3.63, 3.8) is 0 Å². The molecule has 5 heteroatoms. The summed E-state index contributed by atoms with van der Waals surface area (Å²) in [5, 5.41) is 9.17. The van der Waals surface area contributed by atoms with Gasteiger partial charge in [0, 0.05) is 33.7 Å². The molecule has 0 saturated carbocycles. The van der Waals surface area contributed by atoms with Gasteiger partial charge in [-0.25, -0.2) is 0 Å². The van der Waals surface area contributed by atoms with Gasteiger partial charge in [-0.1, -0.05) is 0 Å². The van der Waals surface area contributed by atoms with Gasteiger partial charge in [0.05, 0.1) is 13.2 Å². The summed E-state index contributed by atoms with van der Waals surface area (Å²) in [5.41, 5.74) is 0. The number of hydrogen-bond donors (Lipinski definition) is 2. The van der Waals surface area contributed by atoms with E-state index in [4.69, 9.17) is 9.84 Å². The number of thioether (sulfide) groups is 2. The van der Waals surface area contributed by atoms with E-state index in [1.807, 2.05) is 24.5 Å². The fourth-order valence-electron chi connectivity index (χ4n) is 1.48. The molecule has 3 nitrogen and oxygen atoms in total. The Balaban J connectivity index is 1.49. The first-order chi connectivity index (χ1) is 9.34. The van der Waals surface area contributed by atoms with Crippen molar-refractivity contribution < 1.29 is 9.84 Å². The molecular formula is C14H17NO2S2. The Morgan fingerprint density at radius 1 is 0.947 bits per heavy atom. The zero-order valence-corrected chi connectivity index (χ0v) is 12.2. The second kappa shape index (κ2) is 8.19. The summed E-state index contributed by atoms with van der Waals surface area (Å²) in [4.78, 5) is 5.44. The number of benzene rings is 1. The van der Waals surface area contributed by atoms with Gasteiger partial charge in [0.25, 0.3) is 0 Å². The highest BCUT2D eigenvalue weighted by atomic mass is 32.2. The van der Waals surface area contributed by atoms with Gasteiger partial charge in [0.2, 0.25) is 0 Å². The molecule has 2 N–H and O–H groups in total. The van der Waals surface area contributed by atoms with E-state index in [1.54, 1.807) is 35.7 Å². The molecule has 102 valence electrons. The molecule has 0 unspecified atom stereocenters. The first-order valence-electron chi connectivity index (χ1n) is 6.10. The fraction of sp³-hybridized carbons (Fsp3) is 0.286. The predicted octanol–water partition coefficient (Wildman–Crippen LogP) is 3.62. The summed E-state index contributed by atoms with van der Waals surface area (Å²) >= 11 is 3.53. The quantitative estimate of drug-likeness (QED) is 0.577. The van der Waals surface area contributed by atoms with E-state index in [0.717, 1.165) is 29.6 Å². The minimum atomic E-state index is 0.308. The molecule has 0 radical (unpaired) electrons. The van der Waals surface area contributed by atoms with Crippen molar-refractivity contribution in [1.29, 1.82) is 0 Å². The van der Waals surface area contributed by atoms with E-state index < -0.39 is 0 Å². The first kappa shape index (κ1) is 14.4. The molecule has 0 spiro atoms. The molecule has 0 aliphatic rings. The van der Waals surface area contributed by atoms with Gasteiger partial charge >= 0.3 is 0 Å². The summed E-state index contributed by atoms with van der Waals surface area (Å²) < 4.78 is 5.58. The standard InChI is InChI=1S/C14H17NO2S2/c16-12-1-3-13(4-2-12)18-9-7-17-8-10-19-14-5-6-15-11-14/h1-6,11,15-16H,7-10H2. The first-order valence-corrected chi connectivity index (χ1v) is 8.07. The van der Waals surface area contributed by atoms with Crippen molar-refractivity contribution in [2.75, 3.05) is 24.7 Å². The number of phenols is 1. The van der Waals surface area contributed by atoms with Crippen LogP contribution in [-0.2, 0) is 4.74 Å². The highest BCUT2D eigenvalue weighted by molar-refractivity contribution is 7.99. The zero-order valence-electron chi connectivity index (χ0n) is 10.5. The maximum atomic E-state index is 9.17. The van der Waals surface area contributed by atoms with Gasteiger partial charge in [-0.05, 0) is 30.3 Å². The van der Waals surface area contributed by atoms with Gasteiger partial charge in [0.15, 0.2) is 0 Å². The maximum Gasteiger partial charge on any atom is 0.115 e. The average molecular weight is 295 g/mol. The number of aromatic amines is 1. The summed E-state index contributed by atoms with van der Waals surface area (Å²) in [6.07, 6.45) is 3.92. The SMILES string of the molecule is Oc1ccc(SCCOCCSc2cc[nH]c2)cc1. The molecule has 0 bridgehead atoms. The monoisotopic (exact) mass is 295 g/mol. The van der Waals surface area contributed by atoms with Gasteiger partial charge < -0.3 is 14.8 Å². The fourth-order valence-corrected chi connectivity index (χ4v) is 3.00. The normalized spacial score (nSPS) is 10.7. The minimum absolute atomic E-state index is 0.308. The van der Waals surface area contributed by atoms with E-state index in [-0.39, 0.29) is 0 Å². The highest BCUT2D eigenvalue weighted by Gasteiger charge is 1.96. The molecule has 2 aromatic rings. The molecule has 0 amide bonds. The Kier molecular flexibility index (Phi) is 6.20. The lowest BCUT2D eigenvalue weighted by atomic mass is 10.3. The molecular weight excluding hydrogens is 278 g/mol. The molecule has 1 aromatic heterocycles. The van der Waals surface area contributed by atoms with E-state index in [2.05, 4.69) is 11.1 Å². The Hall–Kier alpha value is -1.04. The van der Waals surface area contributed by atoms with E-state index in [0.29, 0.717) is 5.75 Å². The van der Waals surface area contributed by atoms with Crippen LogP contribution in [0.4, 0.5) is 0 Å². The lowest BCUT2D eigenvalue weighted by molar-refractivity contribution is 0.167. The van der Waals surface area contributed by atoms with Crippen molar-refractivity contribution in [3.8, 4) is 5.75 Å². The van der Waals surface area contributed by atoms with Crippen LogP contribution in [0.1, 0.15) is 0 Å². The lowest BCUT2D eigenvalue weighted by Gasteiger charge is -2.04. The molecule has 0 aliphatic carbocycles. The van der Waals surface area contributed by atoms with Crippen LogP contribution in [0.25, 0.3) is 0 Å². The number of aromatic nitrogens is 1. The summed E-state index contributed by atoms with van der Waals surface area (Å²) in [5.74, 6) is 2.21. The topological polar surface area (TPSA) is 45.2 Å². The molecule has 0 saturated heterocycles. The Bertz CT molecular complexity index is 457. The van der Waals surface area contributed by atoms with Gasteiger partial charge in [-0.3, -0.25) is 0 Å². The smallest absolute Gasteiger partial charge is 0.115 e. The second-order valence-corrected chi connectivity index (χ2v) is 6.19. The van der Waals surface area contributed by atoms with Crippen LogP contribution in [0.3, 0.4) is 0 Å². The number of phenolic OH excluding ortho intramolecular Hbond substituents is 1. The van der Waals surface area contributed by atoms with Gasteiger partial charge in [0.1, 0.15) is 5.75 Å². The van der Waals surface area contributed by atoms with E-state index >= 15 is 0 Å². The number of rotatable bonds is 8. The molecule has 2 rings (SSSR count). The lowest BCUT2D eigenvalue weighted by Crippen LogP contribution is -2.01. The Labute approximate surface area is 121 Å². The zero-order chi connectivity index (χ0) is 13.3. The second-order valence-electron chi connectivity index (χ2n) is 3.85. The summed E-state index contributed by atoms with van der Waals surface area (Å²) in [6, 6.07) is 9.31. The summed E-state index contributed by atoms with van der Waals surface area (Å²) in [7, 11) is 0. The number of hydrogen-bond acceptors (Lipinski definition) is 4.